The summed E-state index contributed by atoms with van der Waals surface area (Å²) < 4.78 is 47.7. The van der Waals surface area contributed by atoms with Gasteiger partial charge in [-0.1, -0.05) is 166 Å². The molecule has 0 saturated heterocycles. The number of ether oxygens (including phenoxy) is 2. The minimum Gasteiger partial charge on any atom is -0.462 e. The first-order valence-electron chi connectivity index (χ1n) is 23.9. The maximum atomic E-state index is 12.7. The van der Waals surface area contributed by atoms with Gasteiger partial charge in [0.2, 0.25) is 0 Å². The van der Waals surface area contributed by atoms with Gasteiger partial charge in [0.25, 0.3) is 0 Å². The smallest absolute Gasteiger partial charge is 0.462 e. The summed E-state index contributed by atoms with van der Waals surface area (Å²) in [7, 11) is -9.79. The molecule has 0 heterocycles. The number of carbonyl (C=O) groups excluding carboxylic acids is 2. The first-order valence-corrected chi connectivity index (χ1v) is 26.9. The number of phosphoric acid groups is 2. The lowest BCUT2D eigenvalue weighted by atomic mass is 10.0. The summed E-state index contributed by atoms with van der Waals surface area (Å²) in [6, 6.07) is 0. The molecule has 0 saturated carbocycles. The van der Waals surface area contributed by atoms with Crippen LogP contribution >= 0.6 is 15.6 Å². The first-order chi connectivity index (χ1) is 30.5. The van der Waals surface area contributed by atoms with Crippen molar-refractivity contribution in [2.24, 2.45) is 5.92 Å². The molecule has 17 heteroatoms. The van der Waals surface area contributed by atoms with Gasteiger partial charge >= 0.3 is 27.6 Å². The highest BCUT2D eigenvalue weighted by Gasteiger charge is 2.28. The number of hydrogen-bond acceptors (Lipinski definition) is 12. The maximum Gasteiger partial charge on any atom is 0.472 e. The van der Waals surface area contributed by atoms with Crippen molar-refractivity contribution >= 4 is 27.6 Å². The van der Waals surface area contributed by atoms with E-state index in [0.717, 1.165) is 50.9 Å². The molecule has 5 atom stereocenters. The Morgan fingerprint density at radius 1 is 0.516 bits per heavy atom. The number of esters is 2. The zero-order valence-corrected chi connectivity index (χ0v) is 41.1. The minimum atomic E-state index is -4.90. The van der Waals surface area contributed by atoms with Crippen molar-refractivity contribution in [1.82, 2.24) is 0 Å². The summed E-state index contributed by atoms with van der Waals surface area (Å²) in [6.45, 7) is 3.66. The van der Waals surface area contributed by atoms with Gasteiger partial charge in [0, 0.05) is 12.8 Å². The molecule has 374 valence electrons. The zero-order chi connectivity index (χ0) is 47.7. The fourth-order valence-corrected chi connectivity index (χ4v) is 7.54. The van der Waals surface area contributed by atoms with Crippen LogP contribution in [0, 0.1) is 5.92 Å². The van der Waals surface area contributed by atoms with Crippen molar-refractivity contribution in [1.29, 1.82) is 0 Å². The summed E-state index contributed by atoms with van der Waals surface area (Å²) in [5, 5.41) is 30.5. The Hall–Kier alpha value is -2.00. The number of allylic oxidation sites excluding steroid dienone is 7. The van der Waals surface area contributed by atoms with Crippen LogP contribution in [-0.4, -0.2) is 92.8 Å². The van der Waals surface area contributed by atoms with Gasteiger partial charge in [-0.2, -0.15) is 0 Å². The van der Waals surface area contributed by atoms with Crippen molar-refractivity contribution in [3.05, 3.63) is 48.6 Å². The molecule has 0 bridgehead atoms. The molecular formula is C47H86O15P2. The number of rotatable bonds is 44. The Bertz CT molecular complexity index is 1360. The predicted octanol–water partition coefficient (Wildman–Crippen LogP) is 10.4. The third-order valence-corrected chi connectivity index (χ3v) is 11.5. The normalized spacial score (nSPS) is 15.4. The maximum absolute atomic E-state index is 12.7. The van der Waals surface area contributed by atoms with Gasteiger partial charge in [0.1, 0.15) is 12.7 Å². The van der Waals surface area contributed by atoms with Crippen LogP contribution in [0.5, 0.6) is 0 Å². The second-order valence-corrected chi connectivity index (χ2v) is 19.5. The predicted molar refractivity (Wildman–Crippen MR) is 251 cm³/mol. The standard InChI is InChI=1S/C47H86O15P2/c1-4-5-6-7-8-9-10-17-20-23-26-29-33-44(49)45(50)34-31-36-47(52)62-43(40-61-64(56,57)60-38-42(48)37-59-63(53,54)55)39-58-46(51)35-30-27-24-21-18-15-13-11-12-14-16-19-22-25-28-32-41(2)3/h5-6,8-9,17,20,26,29,41-45,48-50H,4,7,10-16,18-19,21-25,27-28,30-40H2,1-3H3,(H,56,57)(H2,53,54,55)/b6-5-,9-8-,20-17-,29-26-/t42-,43+,44+,45+/m0/s1. The Labute approximate surface area is 385 Å². The fraction of sp³-hybridized carbons (Fsp3) is 0.787. The van der Waals surface area contributed by atoms with Gasteiger partial charge in [0.05, 0.1) is 32.0 Å². The van der Waals surface area contributed by atoms with E-state index in [1.54, 1.807) is 6.08 Å². The Morgan fingerprint density at radius 2 is 0.969 bits per heavy atom. The van der Waals surface area contributed by atoms with Crippen molar-refractivity contribution in [2.45, 2.75) is 206 Å². The second kappa shape index (κ2) is 41.2. The van der Waals surface area contributed by atoms with E-state index in [-0.39, 0.29) is 32.1 Å². The molecule has 0 aliphatic carbocycles. The summed E-state index contributed by atoms with van der Waals surface area (Å²) >= 11 is 0. The molecule has 0 amide bonds. The van der Waals surface area contributed by atoms with Gasteiger partial charge in [-0.25, -0.2) is 9.13 Å². The molecule has 0 spiro atoms. The molecule has 1 unspecified atom stereocenters. The Balaban J connectivity index is 4.67. The number of phosphoric ester groups is 2. The topological polar surface area (TPSA) is 236 Å². The molecule has 0 aliphatic rings. The highest BCUT2D eigenvalue weighted by molar-refractivity contribution is 7.47. The van der Waals surface area contributed by atoms with Gasteiger partial charge < -0.3 is 39.5 Å². The second-order valence-electron chi connectivity index (χ2n) is 16.8. The lowest BCUT2D eigenvalue weighted by Crippen LogP contribution is -2.30. The minimum absolute atomic E-state index is 0.0899. The number of hydrogen-bond donors (Lipinski definition) is 6. The monoisotopic (exact) mass is 953 g/mol. The molecule has 15 nitrogen and oxygen atoms in total. The highest BCUT2D eigenvalue weighted by Crippen LogP contribution is 2.44. The Kier molecular flexibility index (Phi) is 39.9. The van der Waals surface area contributed by atoms with Gasteiger partial charge in [-0.15, -0.1) is 0 Å². The average Bonchev–Trinajstić information content (AvgIpc) is 3.24. The van der Waals surface area contributed by atoms with Crippen LogP contribution in [0.2, 0.25) is 0 Å². The molecule has 0 aromatic rings. The van der Waals surface area contributed by atoms with E-state index in [1.807, 2.05) is 12.2 Å². The number of aliphatic hydroxyl groups excluding tert-OH is 3. The van der Waals surface area contributed by atoms with Crippen LogP contribution < -0.4 is 0 Å². The van der Waals surface area contributed by atoms with Crippen molar-refractivity contribution in [3.63, 3.8) is 0 Å². The lowest BCUT2D eigenvalue weighted by molar-refractivity contribution is -0.161. The van der Waals surface area contributed by atoms with E-state index in [2.05, 4.69) is 60.2 Å². The lowest BCUT2D eigenvalue weighted by Gasteiger charge is -2.21. The molecule has 0 aromatic carbocycles. The first kappa shape index (κ1) is 62.0. The quantitative estimate of drug-likeness (QED) is 0.0144. The van der Waals surface area contributed by atoms with E-state index >= 15 is 0 Å². The van der Waals surface area contributed by atoms with E-state index in [4.69, 9.17) is 23.8 Å². The van der Waals surface area contributed by atoms with Gasteiger partial charge in [0.15, 0.2) is 6.10 Å². The summed E-state index contributed by atoms with van der Waals surface area (Å²) in [4.78, 5) is 52.9. The van der Waals surface area contributed by atoms with Crippen molar-refractivity contribution in [2.75, 3.05) is 26.4 Å². The Morgan fingerprint density at radius 3 is 1.48 bits per heavy atom. The fourth-order valence-electron chi connectivity index (χ4n) is 6.39. The molecule has 0 aliphatic heterocycles. The summed E-state index contributed by atoms with van der Waals surface area (Å²) in [6.07, 6.45) is 34.2. The van der Waals surface area contributed by atoms with E-state index in [0.29, 0.717) is 12.8 Å². The average molecular weight is 953 g/mol. The largest absolute Gasteiger partial charge is 0.472 e. The van der Waals surface area contributed by atoms with Crippen LogP contribution in [0.1, 0.15) is 181 Å². The SMILES string of the molecule is CC/C=C\C/C=C\C/C=C\C/C=C\C[C@@H](O)[C@H](O)CCCC(=O)O[C@H](COC(=O)CCCCCCCCCCCCCCCCCC(C)C)COP(=O)(O)OC[C@@H](O)COP(=O)(O)O. The van der Waals surface area contributed by atoms with Crippen LogP contribution in [0.15, 0.2) is 48.6 Å². The number of aliphatic hydroxyl groups is 3. The van der Waals surface area contributed by atoms with Crippen LogP contribution in [0.3, 0.4) is 0 Å². The zero-order valence-electron chi connectivity index (χ0n) is 39.3. The molecule has 0 radical (unpaired) electrons. The number of carbonyl (C=O) groups is 2. The number of unbranched alkanes of at least 4 members (excludes halogenated alkanes) is 14. The molecule has 6 N–H and O–H groups in total. The van der Waals surface area contributed by atoms with E-state index in [9.17, 15) is 38.9 Å². The highest BCUT2D eigenvalue weighted by atomic mass is 31.2. The molecule has 0 rings (SSSR count). The van der Waals surface area contributed by atoms with Crippen molar-refractivity contribution < 1.29 is 71.8 Å². The van der Waals surface area contributed by atoms with Gasteiger partial charge in [-0.05, 0) is 57.3 Å². The van der Waals surface area contributed by atoms with Crippen LogP contribution in [-0.2, 0) is 41.8 Å². The third-order valence-electron chi connectivity index (χ3n) is 10.1. The molecule has 0 aromatic heterocycles. The summed E-state index contributed by atoms with van der Waals surface area (Å²) in [5.74, 6) is -0.508. The van der Waals surface area contributed by atoms with E-state index < -0.39 is 78.4 Å². The molecule has 0 fully saturated rings. The molecule has 64 heavy (non-hydrogen) atoms. The van der Waals surface area contributed by atoms with Crippen molar-refractivity contribution in [3.8, 4) is 0 Å². The third kappa shape index (κ3) is 43.9. The van der Waals surface area contributed by atoms with Crippen LogP contribution in [0.4, 0.5) is 0 Å². The van der Waals surface area contributed by atoms with Gasteiger partial charge in [-0.3, -0.25) is 23.2 Å². The van der Waals surface area contributed by atoms with Crippen LogP contribution in [0.25, 0.3) is 0 Å². The summed E-state index contributed by atoms with van der Waals surface area (Å²) in [5.41, 5.74) is 0. The molecular weight excluding hydrogens is 866 g/mol. The van der Waals surface area contributed by atoms with E-state index in [1.165, 1.54) is 70.6 Å².